The van der Waals surface area contributed by atoms with E-state index >= 15 is 0 Å². The van der Waals surface area contributed by atoms with Crippen molar-refractivity contribution >= 4 is 23.5 Å². The Morgan fingerprint density at radius 1 is 1.43 bits per heavy atom. The molecule has 0 spiro atoms. The number of H-pyrrole nitrogens is 1. The first-order chi connectivity index (χ1) is 11.0. The van der Waals surface area contributed by atoms with Crippen LogP contribution in [0.5, 0.6) is 0 Å². The van der Waals surface area contributed by atoms with E-state index in [1.54, 1.807) is 0 Å². The molecule has 0 aromatic carbocycles. The molecule has 0 fully saturated rings. The third kappa shape index (κ3) is 2.30. The van der Waals surface area contributed by atoms with Crippen molar-refractivity contribution in [3.63, 3.8) is 0 Å². The Morgan fingerprint density at radius 3 is 2.96 bits per heavy atom. The number of thioether (sulfide) groups is 1. The average molecular weight is 329 g/mol. The van der Waals surface area contributed by atoms with Crippen LogP contribution in [0.3, 0.4) is 0 Å². The first-order valence-corrected chi connectivity index (χ1v) is 8.87. The van der Waals surface area contributed by atoms with Crippen LogP contribution in [-0.2, 0) is 4.79 Å². The summed E-state index contributed by atoms with van der Waals surface area (Å²) in [6, 6.07) is 1.85. The number of Topliss-reactive ketones (excluding diaryl/α,β-unsaturated/α-hetero) is 1. The zero-order chi connectivity index (χ0) is 16.2. The lowest BCUT2D eigenvalue weighted by atomic mass is 9.72. The number of aromatic amines is 1. The van der Waals surface area contributed by atoms with Crippen molar-refractivity contribution in [3.05, 3.63) is 35.8 Å². The zero-order valence-electron chi connectivity index (χ0n) is 13.3. The summed E-state index contributed by atoms with van der Waals surface area (Å²) in [5.74, 6) is 0.717. The number of rotatable bonds is 2. The highest BCUT2D eigenvalue weighted by Crippen LogP contribution is 2.45. The van der Waals surface area contributed by atoms with Crippen LogP contribution < -0.4 is 5.32 Å². The molecule has 2 aromatic heterocycles. The second-order valence-electron chi connectivity index (χ2n) is 6.79. The third-order valence-corrected chi connectivity index (χ3v) is 4.99. The van der Waals surface area contributed by atoms with Crippen LogP contribution in [0.2, 0.25) is 0 Å². The topological polar surface area (TPSA) is 75.6 Å². The van der Waals surface area contributed by atoms with Crippen molar-refractivity contribution in [1.82, 2.24) is 19.7 Å². The third-order valence-electron chi connectivity index (χ3n) is 4.45. The predicted molar refractivity (Wildman–Crippen MR) is 89.3 cm³/mol. The quantitative estimate of drug-likeness (QED) is 0.829. The van der Waals surface area contributed by atoms with Crippen molar-refractivity contribution < 1.29 is 4.79 Å². The summed E-state index contributed by atoms with van der Waals surface area (Å²) in [5, 5.41) is 8.63. The van der Waals surface area contributed by atoms with Gasteiger partial charge in [-0.3, -0.25) is 4.79 Å². The standard InChI is InChI=1S/C16H19N5OS/c1-16(2)6-10-12(11(22)7-16)13(9-4-5-17-8-9)21-14(18-10)19-15(20-21)23-3/h4-6,8,12-13,17H,7H2,1-3H3,(H,18,19,20)/t12-,13-/m1/s1. The number of nitrogens with zero attached hydrogens (tertiary/aromatic N) is 3. The molecule has 2 aliphatic rings. The van der Waals surface area contributed by atoms with Gasteiger partial charge in [0.15, 0.2) is 0 Å². The number of hydrogen-bond acceptors (Lipinski definition) is 5. The molecule has 0 radical (unpaired) electrons. The Bertz CT molecular complexity index is 790. The second kappa shape index (κ2) is 4.99. The largest absolute Gasteiger partial charge is 0.367 e. The molecule has 1 aliphatic heterocycles. The molecule has 7 heteroatoms. The van der Waals surface area contributed by atoms with Crippen molar-refractivity contribution in [3.8, 4) is 0 Å². The van der Waals surface area contributed by atoms with Gasteiger partial charge in [-0.15, -0.1) is 5.10 Å². The Morgan fingerprint density at radius 2 is 2.26 bits per heavy atom. The van der Waals surface area contributed by atoms with Gasteiger partial charge in [-0.2, -0.15) is 4.98 Å². The fourth-order valence-electron chi connectivity index (χ4n) is 3.55. The van der Waals surface area contributed by atoms with Crippen molar-refractivity contribution in [2.24, 2.45) is 11.3 Å². The fourth-order valence-corrected chi connectivity index (χ4v) is 3.90. The van der Waals surface area contributed by atoms with Crippen LogP contribution in [0.25, 0.3) is 0 Å². The molecule has 0 amide bonds. The lowest BCUT2D eigenvalue weighted by molar-refractivity contribution is -0.125. The van der Waals surface area contributed by atoms with Gasteiger partial charge >= 0.3 is 0 Å². The summed E-state index contributed by atoms with van der Waals surface area (Å²) in [6.45, 7) is 4.18. The minimum Gasteiger partial charge on any atom is -0.367 e. The molecule has 2 atom stereocenters. The first kappa shape index (κ1) is 14.6. The molecule has 2 N–H and O–H groups in total. The highest BCUT2D eigenvalue weighted by molar-refractivity contribution is 7.98. The molecule has 1 aliphatic carbocycles. The summed E-state index contributed by atoms with van der Waals surface area (Å²) in [6.07, 6.45) is 8.49. The Kier molecular flexibility index (Phi) is 3.16. The van der Waals surface area contributed by atoms with E-state index in [0.29, 0.717) is 17.5 Å². The summed E-state index contributed by atoms with van der Waals surface area (Å²) >= 11 is 1.50. The maximum atomic E-state index is 12.9. The zero-order valence-corrected chi connectivity index (χ0v) is 14.1. The molecule has 0 bridgehead atoms. The molecule has 3 heterocycles. The van der Waals surface area contributed by atoms with Crippen LogP contribution in [0.4, 0.5) is 5.95 Å². The van der Waals surface area contributed by atoms with Gasteiger partial charge in [0.05, 0.1) is 12.0 Å². The van der Waals surface area contributed by atoms with Crippen molar-refractivity contribution in [2.75, 3.05) is 11.6 Å². The molecule has 4 rings (SSSR count). The summed E-state index contributed by atoms with van der Waals surface area (Å²) in [7, 11) is 0. The fraction of sp³-hybridized carbons (Fsp3) is 0.438. The molecule has 0 saturated carbocycles. The number of ketones is 1. The number of carbonyl (C=O) groups is 1. The van der Waals surface area contributed by atoms with Crippen LogP contribution in [0.1, 0.15) is 31.9 Å². The molecule has 2 aromatic rings. The van der Waals surface area contributed by atoms with Crippen LogP contribution >= 0.6 is 11.8 Å². The normalized spacial score (nSPS) is 25.3. The van der Waals surface area contributed by atoms with E-state index in [0.717, 1.165) is 11.3 Å². The second-order valence-corrected chi connectivity index (χ2v) is 7.56. The van der Waals surface area contributed by atoms with Gasteiger partial charge < -0.3 is 10.3 Å². The molecule has 0 saturated heterocycles. The van der Waals surface area contributed by atoms with E-state index in [1.807, 2.05) is 29.4 Å². The first-order valence-electron chi connectivity index (χ1n) is 7.64. The van der Waals surface area contributed by atoms with E-state index in [9.17, 15) is 4.79 Å². The predicted octanol–water partition coefficient (Wildman–Crippen LogP) is 2.84. The average Bonchev–Trinajstić information content (AvgIpc) is 3.12. The van der Waals surface area contributed by atoms with E-state index in [4.69, 9.17) is 0 Å². The van der Waals surface area contributed by atoms with Crippen LogP contribution in [0.15, 0.2) is 35.4 Å². The smallest absolute Gasteiger partial charge is 0.227 e. The van der Waals surface area contributed by atoms with E-state index < -0.39 is 0 Å². The number of anilines is 1. The summed E-state index contributed by atoms with van der Waals surface area (Å²) in [4.78, 5) is 20.5. The Balaban J connectivity index is 1.91. The summed E-state index contributed by atoms with van der Waals surface area (Å²) in [5.41, 5.74) is 1.86. The van der Waals surface area contributed by atoms with Gasteiger partial charge in [0.1, 0.15) is 5.78 Å². The minimum absolute atomic E-state index is 0.136. The maximum Gasteiger partial charge on any atom is 0.227 e. The van der Waals surface area contributed by atoms with Gasteiger partial charge in [0.25, 0.3) is 0 Å². The number of allylic oxidation sites excluding steroid dienone is 2. The van der Waals surface area contributed by atoms with Gasteiger partial charge in [-0.1, -0.05) is 31.7 Å². The molecular formula is C16H19N5OS. The van der Waals surface area contributed by atoms with E-state index in [1.165, 1.54) is 11.8 Å². The van der Waals surface area contributed by atoms with E-state index in [2.05, 4.69) is 40.3 Å². The molecular weight excluding hydrogens is 310 g/mol. The van der Waals surface area contributed by atoms with Crippen molar-refractivity contribution in [2.45, 2.75) is 31.5 Å². The highest BCUT2D eigenvalue weighted by Gasteiger charge is 2.45. The van der Waals surface area contributed by atoms with Gasteiger partial charge in [-0.25, -0.2) is 4.68 Å². The monoisotopic (exact) mass is 329 g/mol. The van der Waals surface area contributed by atoms with Gasteiger partial charge in [-0.05, 0) is 23.3 Å². The van der Waals surface area contributed by atoms with Crippen LogP contribution in [-0.4, -0.2) is 31.8 Å². The molecule has 120 valence electrons. The highest BCUT2D eigenvalue weighted by atomic mass is 32.2. The minimum atomic E-state index is -0.234. The number of fused-ring (bicyclic) bond motifs is 2. The van der Waals surface area contributed by atoms with Gasteiger partial charge in [0, 0.05) is 24.5 Å². The molecule has 23 heavy (non-hydrogen) atoms. The van der Waals surface area contributed by atoms with E-state index in [-0.39, 0.29) is 23.2 Å². The maximum absolute atomic E-state index is 12.9. The summed E-state index contributed by atoms with van der Waals surface area (Å²) < 4.78 is 1.85. The number of aromatic nitrogens is 4. The van der Waals surface area contributed by atoms with Crippen molar-refractivity contribution in [1.29, 1.82) is 0 Å². The number of hydrogen-bond donors (Lipinski definition) is 2. The number of carbonyl (C=O) groups excluding carboxylic acids is 1. The van der Waals surface area contributed by atoms with Gasteiger partial charge in [0.2, 0.25) is 11.1 Å². The lowest BCUT2D eigenvalue weighted by Crippen LogP contribution is -2.41. The Labute approximate surface area is 138 Å². The SMILES string of the molecule is CSc1nc2n(n1)[C@H](c1cc[nH]c1)[C@H]1C(=O)CC(C)(C)C=C1N2. The Hall–Kier alpha value is -2.02. The molecule has 6 nitrogen and oxygen atoms in total. The molecule has 0 unspecified atom stereocenters. The number of nitrogens with one attached hydrogen (secondary N) is 2. The lowest BCUT2D eigenvalue weighted by Gasteiger charge is -2.39. The van der Waals surface area contributed by atoms with Crippen LogP contribution in [0, 0.1) is 11.3 Å².